The normalized spacial score (nSPS) is 14.4. The fraction of sp³-hybridized carbons (Fsp3) is 0.949. The van der Waals surface area contributed by atoms with Gasteiger partial charge >= 0.3 is 39.5 Å². The Morgan fingerprint density at radius 3 is 0.732 bits per heavy atom. The van der Waals surface area contributed by atoms with Crippen LogP contribution in [-0.4, -0.2) is 96.7 Å². The van der Waals surface area contributed by atoms with Crippen LogP contribution in [0.25, 0.3) is 0 Å². The fourth-order valence-corrected chi connectivity index (χ4v) is 13.5. The molecule has 0 bridgehead atoms. The highest BCUT2D eigenvalue weighted by Crippen LogP contribution is 2.45. The van der Waals surface area contributed by atoms with E-state index in [0.29, 0.717) is 31.6 Å². The lowest BCUT2D eigenvalue weighted by atomic mass is 9.99. The molecule has 0 rings (SSSR count). The molecule has 0 fully saturated rings. The van der Waals surface area contributed by atoms with Crippen molar-refractivity contribution in [2.24, 2.45) is 23.7 Å². The van der Waals surface area contributed by atoms with Crippen LogP contribution < -0.4 is 0 Å². The lowest BCUT2D eigenvalue weighted by Crippen LogP contribution is -2.30. The Hall–Kier alpha value is -1.94. The van der Waals surface area contributed by atoms with E-state index in [-0.39, 0.29) is 25.7 Å². The zero-order valence-corrected chi connectivity index (χ0v) is 65.5. The van der Waals surface area contributed by atoms with Crippen LogP contribution in [0.3, 0.4) is 0 Å². The molecule has 0 saturated heterocycles. The van der Waals surface area contributed by atoms with Gasteiger partial charge in [-0.1, -0.05) is 344 Å². The quantitative estimate of drug-likeness (QED) is 0.0222. The molecule has 0 aliphatic rings. The van der Waals surface area contributed by atoms with E-state index in [2.05, 4.69) is 55.4 Å². The number of carbonyl (C=O) groups excluding carboxylic acids is 4. The molecule has 3 N–H and O–H groups in total. The SMILES string of the molecule is CCC(C)CCCCCCCCCCC(=O)OC[C@H](COP(=O)(O)OC[C@@H](O)COP(=O)(O)OC[C@@H](COC(=O)CCCCCCCCC(C)C)OC(=O)CCCCCCCCCCCCCCCCC(C)C)OC(=O)CCCCCCCCCCCCCCCCCCC(C)C. The summed E-state index contributed by atoms with van der Waals surface area (Å²) in [5.41, 5.74) is 0. The molecule has 0 spiro atoms. The number of aliphatic hydroxyl groups excluding tert-OH is 1. The summed E-state index contributed by atoms with van der Waals surface area (Å²) in [6.07, 6.45) is 52.9. The van der Waals surface area contributed by atoms with Crippen LogP contribution >= 0.6 is 15.6 Å². The average Bonchev–Trinajstić information content (AvgIpc) is 1.07. The molecule has 0 heterocycles. The Morgan fingerprint density at radius 1 is 0.289 bits per heavy atom. The number of phosphoric acid groups is 2. The summed E-state index contributed by atoms with van der Waals surface area (Å²) < 4.78 is 68.6. The third-order valence-corrected chi connectivity index (χ3v) is 20.3. The van der Waals surface area contributed by atoms with E-state index in [1.54, 1.807) is 0 Å². The van der Waals surface area contributed by atoms with Gasteiger partial charge in [0.1, 0.15) is 19.3 Å². The number of carbonyl (C=O) groups is 4. The molecule has 97 heavy (non-hydrogen) atoms. The number of hydrogen-bond donors (Lipinski definition) is 3. The first-order valence-corrected chi connectivity index (χ1v) is 43.2. The van der Waals surface area contributed by atoms with Crippen LogP contribution in [-0.2, 0) is 65.4 Å². The molecule has 0 aromatic carbocycles. The van der Waals surface area contributed by atoms with Crippen LogP contribution in [0.4, 0.5) is 0 Å². The van der Waals surface area contributed by atoms with E-state index in [9.17, 15) is 43.2 Å². The monoisotopic (exact) mass is 1420 g/mol. The summed E-state index contributed by atoms with van der Waals surface area (Å²) in [4.78, 5) is 72.8. The largest absolute Gasteiger partial charge is 0.472 e. The molecule has 19 heteroatoms. The van der Waals surface area contributed by atoms with Gasteiger partial charge in [0.15, 0.2) is 12.2 Å². The Bertz CT molecular complexity index is 1900. The number of rotatable bonds is 75. The first kappa shape index (κ1) is 95.1. The van der Waals surface area contributed by atoms with E-state index < -0.39 is 97.5 Å². The minimum absolute atomic E-state index is 0.106. The van der Waals surface area contributed by atoms with E-state index in [1.165, 1.54) is 193 Å². The summed E-state index contributed by atoms with van der Waals surface area (Å²) in [6.45, 7) is 14.2. The van der Waals surface area contributed by atoms with Crippen molar-refractivity contribution in [1.82, 2.24) is 0 Å². The Morgan fingerprint density at radius 2 is 0.495 bits per heavy atom. The van der Waals surface area contributed by atoms with Gasteiger partial charge in [-0.2, -0.15) is 0 Å². The van der Waals surface area contributed by atoms with Gasteiger partial charge in [-0.25, -0.2) is 9.13 Å². The molecular formula is C78H152O17P2. The second-order valence-electron chi connectivity index (χ2n) is 29.8. The van der Waals surface area contributed by atoms with E-state index in [1.807, 2.05) is 0 Å². The minimum Gasteiger partial charge on any atom is -0.462 e. The number of ether oxygens (including phenoxy) is 4. The second-order valence-corrected chi connectivity index (χ2v) is 32.7. The minimum atomic E-state index is -4.96. The van der Waals surface area contributed by atoms with Crippen molar-refractivity contribution in [2.45, 2.75) is 414 Å². The van der Waals surface area contributed by atoms with Gasteiger partial charge in [0.25, 0.3) is 0 Å². The van der Waals surface area contributed by atoms with Crippen molar-refractivity contribution in [3.63, 3.8) is 0 Å². The van der Waals surface area contributed by atoms with Crippen molar-refractivity contribution in [2.75, 3.05) is 39.6 Å². The average molecular weight is 1420 g/mol. The van der Waals surface area contributed by atoms with Gasteiger partial charge in [-0.3, -0.25) is 37.3 Å². The number of unbranched alkanes of at least 4 members (excludes halogenated alkanes) is 40. The van der Waals surface area contributed by atoms with Gasteiger partial charge in [-0.15, -0.1) is 0 Å². The molecule has 0 aliphatic heterocycles. The third-order valence-electron chi connectivity index (χ3n) is 18.4. The van der Waals surface area contributed by atoms with Gasteiger partial charge in [0.05, 0.1) is 26.4 Å². The van der Waals surface area contributed by atoms with E-state index in [0.717, 1.165) is 114 Å². The van der Waals surface area contributed by atoms with Crippen LogP contribution in [0.15, 0.2) is 0 Å². The molecule has 576 valence electrons. The van der Waals surface area contributed by atoms with Crippen LogP contribution in [0, 0.1) is 23.7 Å². The first-order valence-electron chi connectivity index (χ1n) is 40.2. The Balaban J connectivity index is 5.21. The summed E-state index contributed by atoms with van der Waals surface area (Å²) >= 11 is 0. The van der Waals surface area contributed by atoms with Crippen molar-refractivity contribution in [3.8, 4) is 0 Å². The highest BCUT2D eigenvalue weighted by molar-refractivity contribution is 7.47. The van der Waals surface area contributed by atoms with Crippen molar-refractivity contribution >= 4 is 39.5 Å². The maximum atomic E-state index is 13.1. The predicted octanol–water partition coefficient (Wildman–Crippen LogP) is 22.8. The lowest BCUT2D eigenvalue weighted by Gasteiger charge is -2.21. The highest BCUT2D eigenvalue weighted by Gasteiger charge is 2.30. The summed E-state index contributed by atoms with van der Waals surface area (Å²) in [5.74, 6) is 0.941. The van der Waals surface area contributed by atoms with Crippen molar-refractivity contribution < 1.29 is 80.2 Å². The molecule has 6 atom stereocenters. The standard InChI is InChI=1S/C78H152O17P2/c1-9-71(8)57-49-41-32-28-29-33-42-50-58-75(80)88-64-73(94-77(82)60-52-44-34-26-22-18-13-11-10-12-16-20-24-30-38-46-54-68(2)3)66-92-96(84,85)90-62-72(79)63-91-97(86,87)93-67-74(65-89-76(81)59-51-43-37-36-40-48-56-70(6)7)95-78(83)61-53-45-35-27-23-19-15-14-17-21-25-31-39-47-55-69(4)5/h68-74,79H,9-67H2,1-8H3,(H,84,85)(H,86,87)/t71?,72-,73-,74-/m1/s1. The summed E-state index contributed by atoms with van der Waals surface area (Å²) in [7, 11) is -9.92. The van der Waals surface area contributed by atoms with E-state index >= 15 is 0 Å². The Kier molecular flexibility index (Phi) is 65.9. The number of phosphoric ester groups is 2. The fourth-order valence-electron chi connectivity index (χ4n) is 11.9. The maximum absolute atomic E-state index is 13.1. The van der Waals surface area contributed by atoms with Gasteiger partial charge in [-0.05, 0) is 49.4 Å². The predicted molar refractivity (Wildman–Crippen MR) is 395 cm³/mol. The smallest absolute Gasteiger partial charge is 0.462 e. The van der Waals surface area contributed by atoms with Crippen LogP contribution in [0.1, 0.15) is 396 Å². The zero-order chi connectivity index (χ0) is 71.7. The van der Waals surface area contributed by atoms with Gasteiger partial charge in [0.2, 0.25) is 0 Å². The van der Waals surface area contributed by atoms with Crippen LogP contribution in [0.5, 0.6) is 0 Å². The van der Waals surface area contributed by atoms with Crippen molar-refractivity contribution in [1.29, 1.82) is 0 Å². The van der Waals surface area contributed by atoms with Crippen molar-refractivity contribution in [3.05, 3.63) is 0 Å². The van der Waals surface area contributed by atoms with E-state index in [4.69, 9.17) is 37.0 Å². The molecule has 0 aromatic heterocycles. The molecule has 0 aliphatic carbocycles. The topological polar surface area (TPSA) is 237 Å². The Labute approximate surface area is 594 Å². The molecule has 3 unspecified atom stereocenters. The summed E-state index contributed by atoms with van der Waals surface area (Å²) in [5, 5.41) is 10.6. The molecule has 0 aromatic rings. The van der Waals surface area contributed by atoms with Gasteiger partial charge < -0.3 is 33.8 Å². The molecule has 0 radical (unpaired) electrons. The molecular weight excluding hydrogens is 1270 g/mol. The second kappa shape index (κ2) is 67.2. The molecule has 0 saturated carbocycles. The number of esters is 4. The molecule has 17 nitrogen and oxygen atoms in total. The lowest BCUT2D eigenvalue weighted by molar-refractivity contribution is -0.161. The molecule has 0 amide bonds. The third kappa shape index (κ3) is 70.9. The number of hydrogen-bond acceptors (Lipinski definition) is 15. The number of aliphatic hydroxyl groups is 1. The first-order chi connectivity index (χ1) is 46.6. The highest BCUT2D eigenvalue weighted by atomic mass is 31.2. The van der Waals surface area contributed by atoms with Gasteiger partial charge in [0, 0.05) is 25.7 Å². The maximum Gasteiger partial charge on any atom is 0.472 e. The van der Waals surface area contributed by atoms with Crippen LogP contribution in [0.2, 0.25) is 0 Å². The summed E-state index contributed by atoms with van der Waals surface area (Å²) in [6, 6.07) is 0. The zero-order valence-electron chi connectivity index (χ0n) is 63.7.